The molecule has 0 amide bonds. The van der Waals surface area contributed by atoms with E-state index in [0.29, 0.717) is 49.3 Å². The molecular formula is C54H32F12N2. The molecule has 0 N–H and O–H groups in total. The van der Waals surface area contributed by atoms with Gasteiger partial charge in [0.05, 0.1) is 55.7 Å². The van der Waals surface area contributed by atoms with Gasteiger partial charge in [-0.05, 0) is 120 Å². The van der Waals surface area contributed by atoms with Gasteiger partial charge in [-0.15, -0.1) is 0 Å². The lowest BCUT2D eigenvalue weighted by Gasteiger charge is -2.20. The number of hydrogen-bond acceptors (Lipinski definition) is 0. The average molecular weight is 937 g/mol. The highest BCUT2D eigenvalue weighted by Crippen LogP contribution is 2.46. The fraction of sp³-hybridized carbons (Fsp3) is 0.111. The van der Waals surface area contributed by atoms with E-state index >= 15 is 26.3 Å². The highest BCUT2D eigenvalue weighted by atomic mass is 19.4. The molecule has 0 atom stereocenters. The molecule has 2 heterocycles. The Morgan fingerprint density at radius 1 is 0.324 bits per heavy atom. The maximum Gasteiger partial charge on any atom is 0.418 e. The second-order valence-corrected chi connectivity index (χ2v) is 16.7. The molecule has 68 heavy (non-hydrogen) atoms. The summed E-state index contributed by atoms with van der Waals surface area (Å²) in [6.45, 7) is 3.01. The molecule has 10 aromatic rings. The summed E-state index contributed by atoms with van der Waals surface area (Å²) in [5.41, 5.74) is -2.14. The zero-order valence-corrected chi connectivity index (χ0v) is 35.4. The number of rotatable bonds is 5. The standard InChI is InChI=1S/C54H32F12N2/c1-29-11-17-37(44(23-29)54(64,65)66)34-13-19-41-39-8-4-6-10-46(39)68(48(41)28-34)50-26-32(15-22-43(50)53(61,62)63)31-14-21-42(52(58,59)60)49(25-31)67-45-9-5-3-7-38(45)40-18-12-33(27-47(40)67)36-20-16-35(24-30(36)2)51(55,56)57/h3-28H,1-2H3. The summed E-state index contributed by atoms with van der Waals surface area (Å²) in [6, 6.07) is 36.1. The van der Waals surface area contributed by atoms with Crippen LogP contribution in [-0.2, 0) is 24.7 Å². The van der Waals surface area contributed by atoms with Crippen LogP contribution in [-0.4, -0.2) is 9.13 Å². The SMILES string of the molecule is Cc1ccc(-c2ccc3c4ccccc4n(-c4cc(-c5ccc(C(F)(F)F)c(-n6c7ccccc7c7ccc(-c8ccc(C(F)(F)F)cc8C)cc76)c5)ccc4C(F)(F)F)c3c2)c(C(F)(F)F)c1. The predicted octanol–water partition coefficient (Wildman–Crippen LogP) is 17.6. The van der Waals surface area contributed by atoms with Crippen molar-refractivity contribution >= 4 is 43.6 Å². The van der Waals surface area contributed by atoms with Gasteiger partial charge < -0.3 is 9.13 Å². The van der Waals surface area contributed by atoms with Gasteiger partial charge in [-0.1, -0.05) is 96.6 Å². The van der Waals surface area contributed by atoms with Crippen molar-refractivity contribution in [1.82, 2.24) is 9.13 Å². The summed E-state index contributed by atoms with van der Waals surface area (Å²) >= 11 is 0. The van der Waals surface area contributed by atoms with Crippen molar-refractivity contribution in [3.05, 3.63) is 191 Å². The van der Waals surface area contributed by atoms with Gasteiger partial charge >= 0.3 is 24.7 Å². The van der Waals surface area contributed by atoms with Crippen LogP contribution in [0.2, 0.25) is 0 Å². The fourth-order valence-corrected chi connectivity index (χ4v) is 9.38. The van der Waals surface area contributed by atoms with E-state index in [-0.39, 0.29) is 44.5 Å². The Morgan fingerprint density at radius 3 is 1.21 bits per heavy atom. The van der Waals surface area contributed by atoms with Crippen molar-refractivity contribution in [3.8, 4) is 44.8 Å². The molecule has 2 aromatic heterocycles. The summed E-state index contributed by atoms with van der Waals surface area (Å²) in [7, 11) is 0. The fourth-order valence-electron chi connectivity index (χ4n) is 9.38. The minimum absolute atomic E-state index is 0.0878. The lowest BCUT2D eigenvalue weighted by atomic mass is 9.96. The molecule has 0 fully saturated rings. The average Bonchev–Trinajstić information content (AvgIpc) is 3.79. The highest BCUT2D eigenvalue weighted by molar-refractivity contribution is 6.11. The monoisotopic (exact) mass is 936 g/mol. The first-order chi connectivity index (χ1) is 32.1. The van der Waals surface area contributed by atoms with Crippen molar-refractivity contribution < 1.29 is 52.7 Å². The second kappa shape index (κ2) is 15.5. The Labute approximate surface area is 378 Å². The summed E-state index contributed by atoms with van der Waals surface area (Å²) in [5.74, 6) is 0. The molecule has 0 radical (unpaired) electrons. The highest BCUT2D eigenvalue weighted by Gasteiger charge is 2.38. The van der Waals surface area contributed by atoms with Gasteiger partial charge in [-0.2, -0.15) is 52.7 Å². The number of aryl methyl sites for hydroxylation is 2. The van der Waals surface area contributed by atoms with Crippen molar-refractivity contribution in [2.75, 3.05) is 0 Å². The number of nitrogens with zero attached hydrogens (tertiary/aromatic N) is 2. The second-order valence-electron chi connectivity index (χ2n) is 16.7. The van der Waals surface area contributed by atoms with Crippen LogP contribution in [0.25, 0.3) is 88.4 Å². The van der Waals surface area contributed by atoms with Gasteiger partial charge in [-0.3, -0.25) is 0 Å². The van der Waals surface area contributed by atoms with E-state index < -0.39 is 52.6 Å². The van der Waals surface area contributed by atoms with E-state index in [0.717, 1.165) is 42.5 Å². The molecule has 0 aliphatic carbocycles. The zero-order chi connectivity index (χ0) is 48.2. The third-order valence-corrected chi connectivity index (χ3v) is 12.4. The molecule has 0 aliphatic heterocycles. The largest absolute Gasteiger partial charge is 0.418 e. The normalized spacial score (nSPS) is 12.9. The summed E-state index contributed by atoms with van der Waals surface area (Å²) in [5, 5.41) is 2.04. The van der Waals surface area contributed by atoms with E-state index in [2.05, 4.69) is 0 Å². The molecular weight excluding hydrogens is 905 g/mol. The molecule has 10 rings (SSSR count). The van der Waals surface area contributed by atoms with E-state index in [4.69, 9.17) is 0 Å². The molecule has 0 unspecified atom stereocenters. The molecule has 0 spiro atoms. The van der Waals surface area contributed by atoms with Crippen molar-refractivity contribution in [2.45, 2.75) is 38.6 Å². The number of para-hydroxylation sites is 2. The third-order valence-electron chi connectivity index (χ3n) is 12.4. The van der Waals surface area contributed by atoms with Crippen LogP contribution in [0.1, 0.15) is 33.4 Å². The lowest BCUT2D eigenvalue weighted by molar-refractivity contribution is -0.138. The topological polar surface area (TPSA) is 9.86 Å². The number of aromatic nitrogens is 2. The van der Waals surface area contributed by atoms with Gasteiger partial charge in [0.2, 0.25) is 0 Å². The van der Waals surface area contributed by atoms with Crippen molar-refractivity contribution in [3.63, 3.8) is 0 Å². The van der Waals surface area contributed by atoms with Crippen LogP contribution in [0.15, 0.2) is 158 Å². The number of benzene rings is 8. The van der Waals surface area contributed by atoms with Crippen LogP contribution in [0, 0.1) is 13.8 Å². The van der Waals surface area contributed by atoms with Gasteiger partial charge in [0.1, 0.15) is 0 Å². The minimum Gasteiger partial charge on any atom is -0.309 e. The van der Waals surface area contributed by atoms with Gasteiger partial charge in [0.15, 0.2) is 0 Å². The Balaban J connectivity index is 1.21. The lowest BCUT2D eigenvalue weighted by Crippen LogP contribution is -2.12. The number of fused-ring (bicyclic) bond motifs is 6. The first kappa shape index (κ1) is 44.4. The number of hydrogen-bond donors (Lipinski definition) is 0. The quantitative estimate of drug-likeness (QED) is 0.152. The zero-order valence-electron chi connectivity index (χ0n) is 35.4. The van der Waals surface area contributed by atoms with E-state index in [1.807, 2.05) is 0 Å². The number of alkyl halides is 12. The molecule has 14 heteroatoms. The molecule has 0 bridgehead atoms. The maximum absolute atomic E-state index is 15.2. The summed E-state index contributed by atoms with van der Waals surface area (Å²) in [6.07, 6.45) is -19.3. The first-order valence-corrected chi connectivity index (χ1v) is 20.9. The Kier molecular flexibility index (Phi) is 10.1. The van der Waals surface area contributed by atoms with Crippen LogP contribution >= 0.6 is 0 Å². The first-order valence-electron chi connectivity index (χ1n) is 20.9. The molecule has 342 valence electrons. The Morgan fingerprint density at radius 2 is 0.750 bits per heavy atom. The summed E-state index contributed by atoms with van der Waals surface area (Å²) < 4.78 is 178. The third kappa shape index (κ3) is 7.51. The molecule has 0 saturated heterocycles. The van der Waals surface area contributed by atoms with Gasteiger partial charge in [0.25, 0.3) is 0 Å². The van der Waals surface area contributed by atoms with Crippen LogP contribution < -0.4 is 0 Å². The molecule has 2 nitrogen and oxygen atoms in total. The van der Waals surface area contributed by atoms with Crippen LogP contribution in [0.5, 0.6) is 0 Å². The Bertz CT molecular complexity index is 3660. The maximum atomic E-state index is 15.2. The molecule has 8 aromatic carbocycles. The van der Waals surface area contributed by atoms with Crippen LogP contribution in [0.4, 0.5) is 52.7 Å². The van der Waals surface area contributed by atoms with E-state index in [1.54, 1.807) is 72.8 Å². The Hall–Kier alpha value is -7.48. The van der Waals surface area contributed by atoms with Gasteiger partial charge in [-0.25, -0.2) is 0 Å². The van der Waals surface area contributed by atoms with E-state index in [1.165, 1.54) is 65.4 Å². The summed E-state index contributed by atoms with van der Waals surface area (Å²) in [4.78, 5) is 0. The van der Waals surface area contributed by atoms with Crippen LogP contribution in [0.3, 0.4) is 0 Å². The molecule has 0 saturated carbocycles. The predicted molar refractivity (Wildman–Crippen MR) is 241 cm³/mol. The smallest absolute Gasteiger partial charge is 0.309 e. The van der Waals surface area contributed by atoms with Gasteiger partial charge in [0, 0.05) is 21.5 Å². The number of halogens is 12. The van der Waals surface area contributed by atoms with Crippen molar-refractivity contribution in [1.29, 1.82) is 0 Å². The van der Waals surface area contributed by atoms with Crippen molar-refractivity contribution in [2.24, 2.45) is 0 Å². The van der Waals surface area contributed by atoms with E-state index in [9.17, 15) is 26.3 Å². The minimum atomic E-state index is -4.97. The molecule has 0 aliphatic rings.